The maximum Gasteiger partial charge on any atom is 0.410 e. The molecule has 0 N–H and O–H groups in total. The van der Waals surface area contributed by atoms with Crippen molar-refractivity contribution in [2.75, 3.05) is 37.7 Å². The fraction of sp³-hybridized carbons (Fsp3) is 0.552. The van der Waals surface area contributed by atoms with Gasteiger partial charge in [-0.05, 0) is 64.4 Å². The van der Waals surface area contributed by atoms with E-state index in [0.29, 0.717) is 57.3 Å². The first-order valence-electron chi connectivity index (χ1n) is 13.1. The number of aromatic nitrogens is 1. The number of ether oxygens (including phenoxy) is 4. The van der Waals surface area contributed by atoms with E-state index < -0.39 is 5.60 Å². The van der Waals surface area contributed by atoms with Gasteiger partial charge in [-0.1, -0.05) is 6.07 Å². The first-order chi connectivity index (χ1) is 18.0. The molecule has 1 aromatic heterocycles. The van der Waals surface area contributed by atoms with Gasteiger partial charge >= 0.3 is 6.09 Å². The Morgan fingerprint density at radius 3 is 2.42 bits per heavy atom. The van der Waals surface area contributed by atoms with Crippen LogP contribution >= 0.6 is 0 Å². The van der Waals surface area contributed by atoms with Crippen molar-refractivity contribution in [2.24, 2.45) is 5.41 Å². The molecule has 9 nitrogen and oxygen atoms in total. The van der Waals surface area contributed by atoms with Crippen LogP contribution in [0.5, 0.6) is 5.88 Å². The summed E-state index contributed by atoms with van der Waals surface area (Å²) in [7, 11) is 0. The number of likely N-dealkylation sites (tertiary alicyclic amines) is 1. The molecule has 4 rings (SSSR count). The highest BCUT2D eigenvalue weighted by Gasteiger charge is 2.49. The van der Waals surface area contributed by atoms with E-state index in [1.807, 2.05) is 77.2 Å². The molecule has 0 atom stereocenters. The summed E-state index contributed by atoms with van der Waals surface area (Å²) in [6, 6.07) is 13.6. The van der Waals surface area contributed by atoms with Crippen molar-refractivity contribution in [3.05, 3.63) is 53.7 Å². The number of pyridine rings is 1. The highest BCUT2D eigenvalue weighted by atomic mass is 16.7. The van der Waals surface area contributed by atoms with E-state index in [2.05, 4.69) is 16.0 Å². The van der Waals surface area contributed by atoms with E-state index >= 15 is 0 Å². The first kappa shape index (κ1) is 27.7. The molecule has 2 aromatic rings. The summed E-state index contributed by atoms with van der Waals surface area (Å²) < 4.78 is 23.3. The Balaban J connectivity index is 1.32. The van der Waals surface area contributed by atoms with E-state index in [1.165, 1.54) is 0 Å². The van der Waals surface area contributed by atoms with E-state index in [9.17, 15) is 10.1 Å². The summed E-state index contributed by atoms with van der Waals surface area (Å²) in [6.45, 7) is 13.1. The number of carbonyl (C=O) groups is 1. The summed E-state index contributed by atoms with van der Waals surface area (Å²) in [5.41, 5.74) is 2.00. The van der Waals surface area contributed by atoms with Crippen LogP contribution in [0.2, 0.25) is 0 Å². The van der Waals surface area contributed by atoms with Gasteiger partial charge in [0.15, 0.2) is 6.29 Å². The second-order valence-electron chi connectivity index (χ2n) is 11.4. The summed E-state index contributed by atoms with van der Waals surface area (Å²) in [5.74, 6) is 0.604. The normalized spacial score (nSPS) is 17.1. The van der Waals surface area contributed by atoms with Gasteiger partial charge in [-0.15, -0.1) is 0 Å². The highest BCUT2D eigenvalue weighted by molar-refractivity contribution is 5.69. The molecule has 2 saturated heterocycles. The maximum atomic E-state index is 12.3. The standard InChI is InChI=1S/C29H38N4O5/c1-21(2)37-25-11-8-23(15-31-25)16-32(24-9-6-22(14-30)7-10-24)13-12-26-35-19-29(20-36-26)17-33(18-29)27(34)38-28(3,4)5/h6-11,15,21,26H,12-13,16-20H2,1-5H3. The molecule has 0 aliphatic carbocycles. The third-order valence-electron chi connectivity index (χ3n) is 6.38. The monoisotopic (exact) mass is 522 g/mol. The number of hydrogen-bond donors (Lipinski definition) is 0. The minimum Gasteiger partial charge on any atom is -0.475 e. The maximum absolute atomic E-state index is 12.3. The number of amides is 1. The van der Waals surface area contributed by atoms with Gasteiger partial charge in [0.1, 0.15) is 5.60 Å². The molecule has 2 aliphatic rings. The van der Waals surface area contributed by atoms with Crippen LogP contribution in [0.15, 0.2) is 42.6 Å². The van der Waals surface area contributed by atoms with Crippen molar-refractivity contribution in [2.45, 2.75) is 65.6 Å². The topological polar surface area (TPSA) is 97.1 Å². The van der Waals surface area contributed by atoms with Crippen LogP contribution in [-0.2, 0) is 20.8 Å². The number of nitriles is 1. The number of hydrogen-bond acceptors (Lipinski definition) is 8. The molecule has 3 heterocycles. The van der Waals surface area contributed by atoms with Crippen molar-refractivity contribution in [1.29, 1.82) is 5.26 Å². The van der Waals surface area contributed by atoms with Crippen LogP contribution in [-0.4, -0.2) is 66.8 Å². The smallest absolute Gasteiger partial charge is 0.410 e. The summed E-state index contributed by atoms with van der Waals surface area (Å²) >= 11 is 0. The fourth-order valence-corrected chi connectivity index (χ4v) is 4.54. The quantitative estimate of drug-likeness (QED) is 0.490. The number of anilines is 1. The average molecular weight is 523 g/mol. The van der Waals surface area contributed by atoms with Gasteiger partial charge in [0.2, 0.25) is 5.88 Å². The Hall–Kier alpha value is -3.35. The predicted octanol–water partition coefficient (Wildman–Crippen LogP) is 4.75. The van der Waals surface area contributed by atoms with Crippen LogP contribution in [0.1, 0.15) is 52.2 Å². The van der Waals surface area contributed by atoms with Crippen LogP contribution in [0.25, 0.3) is 0 Å². The van der Waals surface area contributed by atoms with Gasteiger partial charge in [-0.25, -0.2) is 9.78 Å². The van der Waals surface area contributed by atoms with Crippen LogP contribution in [0, 0.1) is 16.7 Å². The largest absolute Gasteiger partial charge is 0.475 e. The number of nitrogens with zero attached hydrogens (tertiary/aromatic N) is 4. The van der Waals surface area contributed by atoms with E-state index in [4.69, 9.17) is 18.9 Å². The molecule has 0 radical (unpaired) electrons. The van der Waals surface area contributed by atoms with Gasteiger partial charge in [0.25, 0.3) is 0 Å². The molecule has 0 bridgehead atoms. The Labute approximate surface area is 225 Å². The van der Waals surface area contributed by atoms with Crippen molar-refractivity contribution >= 4 is 11.8 Å². The second kappa shape index (κ2) is 11.6. The van der Waals surface area contributed by atoms with Gasteiger partial charge in [0, 0.05) is 50.6 Å². The fourth-order valence-electron chi connectivity index (χ4n) is 4.54. The molecule has 9 heteroatoms. The van der Waals surface area contributed by atoms with Crippen molar-refractivity contribution in [3.8, 4) is 11.9 Å². The lowest BCUT2D eigenvalue weighted by Crippen LogP contribution is -2.65. The first-order valence-corrected chi connectivity index (χ1v) is 13.1. The SMILES string of the molecule is CC(C)Oc1ccc(CN(CCC2OCC3(CO2)CN(C(=O)OC(C)(C)C)C3)c2ccc(C#N)cc2)cn1. The number of rotatable bonds is 8. The summed E-state index contributed by atoms with van der Waals surface area (Å²) in [4.78, 5) is 20.7. The van der Waals surface area contributed by atoms with Crippen LogP contribution in [0.4, 0.5) is 10.5 Å². The summed E-state index contributed by atoms with van der Waals surface area (Å²) in [6.07, 6.45) is 1.96. The Morgan fingerprint density at radius 1 is 1.18 bits per heavy atom. The lowest BCUT2D eigenvalue weighted by molar-refractivity contribution is -0.254. The zero-order valence-corrected chi connectivity index (χ0v) is 23.0. The molecule has 2 aliphatic heterocycles. The van der Waals surface area contributed by atoms with Gasteiger partial charge in [-0.2, -0.15) is 5.26 Å². The van der Waals surface area contributed by atoms with Crippen LogP contribution in [0.3, 0.4) is 0 Å². The molecule has 0 unspecified atom stereocenters. The second-order valence-corrected chi connectivity index (χ2v) is 11.4. The lowest BCUT2D eigenvalue weighted by Gasteiger charge is -2.52. The zero-order chi connectivity index (χ0) is 27.3. The third-order valence-corrected chi connectivity index (χ3v) is 6.38. The molecule has 204 valence electrons. The van der Waals surface area contributed by atoms with E-state index in [1.54, 1.807) is 4.90 Å². The molecule has 1 spiro atoms. The number of carbonyl (C=O) groups excluding carboxylic acids is 1. The predicted molar refractivity (Wildman–Crippen MR) is 143 cm³/mol. The molecular formula is C29H38N4O5. The van der Waals surface area contributed by atoms with Crippen molar-refractivity contribution < 1.29 is 23.7 Å². The molecule has 2 fully saturated rings. The highest BCUT2D eigenvalue weighted by Crippen LogP contribution is 2.36. The summed E-state index contributed by atoms with van der Waals surface area (Å²) in [5, 5.41) is 9.18. The average Bonchev–Trinajstić information content (AvgIpc) is 2.85. The van der Waals surface area contributed by atoms with Crippen molar-refractivity contribution in [3.63, 3.8) is 0 Å². The molecule has 38 heavy (non-hydrogen) atoms. The van der Waals surface area contributed by atoms with E-state index in [0.717, 1.165) is 11.3 Å². The van der Waals surface area contributed by atoms with Crippen molar-refractivity contribution in [1.82, 2.24) is 9.88 Å². The minimum atomic E-state index is -0.509. The molecule has 1 amide bonds. The lowest BCUT2D eigenvalue weighted by atomic mass is 9.81. The number of benzene rings is 1. The Morgan fingerprint density at radius 2 is 1.87 bits per heavy atom. The van der Waals surface area contributed by atoms with E-state index in [-0.39, 0.29) is 23.9 Å². The Bertz CT molecular complexity index is 1110. The molecule has 1 aromatic carbocycles. The Kier molecular flexibility index (Phi) is 8.44. The van der Waals surface area contributed by atoms with Gasteiger partial charge in [-0.3, -0.25) is 0 Å². The van der Waals surface area contributed by atoms with Gasteiger partial charge < -0.3 is 28.7 Å². The minimum absolute atomic E-state index is 0.0680. The molecule has 0 saturated carbocycles. The third kappa shape index (κ3) is 7.36. The molecular weight excluding hydrogens is 484 g/mol. The van der Waals surface area contributed by atoms with Gasteiger partial charge in [0.05, 0.1) is 36.4 Å². The zero-order valence-electron chi connectivity index (χ0n) is 23.0. The van der Waals surface area contributed by atoms with Crippen LogP contribution < -0.4 is 9.64 Å².